The highest BCUT2D eigenvalue weighted by molar-refractivity contribution is 5.28. The van der Waals surface area contributed by atoms with Crippen molar-refractivity contribution in [2.24, 2.45) is 0 Å². The van der Waals surface area contributed by atoms with Crippen molar-refractivity contribution in [2.75, 3.05) is 13.1 Å². The van der Waals surface area contributed by atoms with Gasteiger partial charge < -0.3 is 10.6 Å². The van der Waals surface area contributed by atoms with Crippen LogP contribution >= 0.6 is 0 Å². The van der Waals surface area contributed by atoms with Gasteiger partial charge in [0.15, 0.2) is 0 Å². The van der Waals surface area contributed by atoms with Crippen molar-refractivity contribution < 1.29 is 0 Å². The summed E-state index contributed by atoms with van der Waals surface area (Å²) in [7, 11) is 0. The molecule has 1 aromatic carbocycles. The average molecular weight is 244 g/mol. The zero-order chi connectivity index (χ0) is 12.2. The van der Waals surface area contributed by atoms with Crippen molar-refractivity contribution in [3.63, 3.8) is 0 Å². The molecule has 1 aliphatic carbocycles. The highest BCUT2D eigenvalue weighted by Crippen LogP contribution is 2.20. The van der Waals surface area contributed by atoms with Crippen molar-refractivity contribution >= 4 is 0 Å². The third kappa shape index (κ3) is 2.93. The Labute approximate surface area is 110 Å². The number of aryl methyl sites for hydroxylation is 2. The highest BCUT2D eigenvalue weighted by Gasteiger charge is 2.18. The summed E-state index contributed by atoms with van der Waals surface area (Å²) in [6.45, 7) is 2.36. The van der Waals surface area contributed by atoms with Gasteiger partial charge in [-0.05, 0) is 56.2 Å². The zero-order valence-electron chi connectivity index (χ0n) is 11.1. The average Bonchev–Trinajstić information content (AvgIpc) is 2.84. The monoisotopic (exact) mass is 244 g/mol. The molecule has 18 heavy (non-hydrogen) atoms. The first-order valence-corrected chi connectivity index (χ1v) is 7.45. The van der Waals surface area contributed by atoms with Crippen molar-refractivity contribution in [1.82, 2.24) is 10.6 Å². The molecule has 98 valence electrons. The Morgan fingerprint density at radius 3 is 2.39 bits per heavy atom. The lowest BCUT2D eigenvalue weighted by atomic mass is 10.0. The number of hydrogen-bond donors (Lipinski definition) is 2. The second-order valence-electron chi connectivity index (χ2n) is 5.74. The van der Waals surface area contributed by atoms with Crippen molar-refractivity contribution in [2.45, 2.75) is 50.6 Å². The lowest BCUT2D eigenvalue weighted by molar-refractivity contribution is 0.428. The number of rotatable bonds is 3. The Kier molecular flexibility index (Phi) is 3.96. The second kappa shape index (κ2) is 5.85. The van der Waals surface area contributed by atoms with Crippen LogP contribution in [0.1, 0.15) is 36.8 Å². The van der Waals surface area contributed by atoms with Crippen molar-refractivity contribution in [1.29, 1.82) is 0 Å². The lowest BCUT2D eigenvalue weighted by Gasteiger charge is -2.19. The van der Waals surface area contributed by atoms with Gasteiger partial charge in [-0.2, -0.15) is 0 Å². The van der Waals surface area contributed by atoms with E-state index in [1.54, 1.807) is 11.1 Å². The molecule has 1 atom stereocenters. The fraction of sp³-hybridized carbons (Fsp3) is 0.625. The first kappa shape index (κ1) is 12.2. The summed E-state index contributed by atoms with van der Waals surface area (Å²) in [5.74, 6) is 0. The summed E-state index contributed by atoms with van der Waals surface area (Å²) in [5, 5.41) is 7.34. The van der Waals surface area contributed by atoms with Gasteiger partial charge in [-0.1, -0.05) is 24.3 Å². The van der Waals surface area contributed by atoms with Crippen LogP contribution in [0.25, 0.3) is 0 Å². The molecule has 0 saturated carbocycles. The van der Waals surface area contributed by atoms with E-state index in [9.17, 15) is 0 Å². The summed E-state index contributed by atoms with van der Waals surface area (Å²) >= 11 is 0. The highest BCUT2D eigenvalue weighted by atomic mass is 15.0. The van der Waals surface area contributed by atoms with Crippen LogP contribution in [0.15, 0.2) is 24.3 Å². The molecule has 0 radical (unpaired) electrons. The van der Waals surface area contributed by atoms with Crippen LogP contribution in [0.3, 0.4) is 0 Å². The van der Waals surface area contributed by atoms with Crippen molar-refractivity contribution in [3.8, 4) is 0 Å². The standard InChI is InChI=1S/C16H24N2/c1-2-5-14-8-10-15(9-7-13(14)4-1)18-12-16-6-3-11-17-16/h1-2,4-5,15-18H,3,6-12H2/t16-/m0/s1. The second-order valence-corrected chi connectivity index (χ2v) is 5.74. The summed E-state index contributed by atoms with van der Waals surface area (Å²) in [4.78, 5) is 0. The van der Waals surface area contributed by atoms with Crippen LogP contribution in [0.4, 0.5) is 0 Å². The number of hydrogen-bond acceptors (Lipinski definition) is 2. The van der Waals surface area contributed by atoms with E-state index in [1.807, 2.05) is 0 Å². The van der Waals surface area contributed by atoms with Crippen LogP contribution in [0.2, 0.25) is 0 Å². The van der Waals surface area contributed by atoms with E-state index in [0.717, 1.165) is 12.6 Å². The molecular weight excluding hydrogens is 220 g/mol. The molecule has 0 bridgehead atoms. The molecule has 1 saturated heterocycles. The minimum atomic E-state index is 0.708. The van der Waals surface area contributed by atoms with Crippen molar-refractivity contribution in [3.05, 3.63) is 35.4 Å². The molecule has 1 fully saturated rings. The van der Waals surface area contributed by atoms with Crippen LogP contribution in [-0.4, -0.2) is 25.2 Å². The maximum Gasteiger partial charge on any atom is 0.0193 e. The molecule has 2 nitrogen and oxygen atoms in total. The van der Waals surface area contributed by atoms with Gasteiger partial charge in [0.2, 0.25) is 0 Å². The normalized spacial score (nSPS) is 24.8. The lowest BCUT2D eigenvalue weighted by Crippen LogP contribution is -2.39. The maximum absolute atomic E-state index is 3.78. The smallest absolute Gasteiger partial charge is 0.0193 e. The summed E-state index contributed by atoms with van der Waals surface area (Å²) in [6, 6.07) is 10.4. The molecule has 0 unspecified atom stereocenters. The number of fused-ring (bicyclic) bond motifs is 1. The summed E-state index contributed by atoms with van der Waals surface area (Å²) in [5.41, 5.74) is 3.14. The van der Waals surface area contributed by atoms with Gasteiger partial charge >= 0.3 is 0 Å². The minimum Gasteiger partial charge on any atom is -0.313 e. The van der Waals surface area contributed by atoms with E-state index >= 15 is 0 Å². The van der Waals surface area contributed by atoms with Gasteiger partial charge in [-0.15, -0.1) is 0 Å². The van der Waals surface area contributed by atoms with Crippen LogP contribution in [0.5, 0.6) is 0 Å². The zero-order valence-corrected chi connectivity index (χ0v) is 11.1. The number of nitrogens with one attached hydrogen (secondary N) is 2. The van der Waals surface area contributed by atoms with Crippen LogP contribution < -0.4 is 10.6 Å². The van der Waals surface area contributed by atoms with E-state index in [4.69, 9.17) is 0 Å². The first-order valence-electron chi connectivity index (χ1n) is 7.45. The van der Waals surface area contributed by atoms with E-state index in [1.165, 1.54) is 45.1 Å². The molecule has 1 aromatic rings. The summed E-state index contributed by atoms with van der Waals surface area (Å²) in [6.07, 6.45) is 7.77. The molecule has 2 heteroatoms. The number of benzene rings is 1. The fourth-order valence-electron chi connectivity index (χ4n) is 3.29. The van der Waals surface area contributed by atoms with Crippen LogP contribution in [0, 0.1) is 0 Å². The Bertz CT molecular complexity index is 355. The van der Waals surface area contributed by atoms with Gasteiger partial charge in [0, 0.05) is 18.6 Å². The minimum absolute atomic E-state index is 0.708. The van der Waals surface area contributed by atoms with Crippen LogP contribution in [-0.2, 0) is 12.8 Å². The molecule has 0 aromatic heterocycles. The molecule has 3 rings (SSSR count). The Morgan fingerprint density at radius 2 is 1.78 bits per heavy atom. The van der Waals surface area contributed by atoms with Gasteiger partial charge in [0.05, 0.1) is 0 Å². The van der Waals surface area contributed by atoms with Gasteiger partial charge in [-0.25, -0.2) is 0 Å². The largest absolute Gasteiger partial charge is 0.313 e. The predicted octanol–water partition coefficient (Wildman–Crippen LogP) is 2.28. The SMILES string of the molecule is c1ccc2c(c1)CCC(NC[C@@H]1CCCN1)CC2. The topological polar surface area (TPSA) is 24.1 Å². The van der Waals surface area contributed by atoms with E-state index in [0.29, 0.717) is 6.04 Å². The van der Waals surface area contributed by atoms with E-state index in [2.05, 4.69) is 34.9 Å². The van der Waals surface area contributed by atoms with E-state index < -0.39 is 0 Å². The molecule has 1 heterocycles. The quantitative estimate of drug-likeness (QED) is 0.797. The Balaban J connectivity index is 1.51. The molecule has 2 N–H and O–H groups in total. The third-order valence-electron chi connectivity index (χ3n) is 4.46. The third-order valence-corrected chi connectivity index (χ3v) is 4.46. The molecule has 1 aliphatic heterocycles. The molecular formula is C16H24N2. The predicted molar refractivity (Wildman–Crippen MR) is 75.9 cm³/mol. The van der Waals surface area contributed by atoms with E-state index in [-0.39, 0.29) is 0 Å². The molecule has 0 amide bonds. The van der Waals surface area contributed by atoms with Gasteiger partial charge in [0.25, 0.3) is 0 Å². The maximum atomic E-state index is 3.78. The Hall–Kier alpha value is -0.860. The van der Waals surface area contributed by atoms with Gasteiger partial charge in [-0.3, -0.25) is 0 Å². The summed E-state index contributed by atoms with van der Waals surface area (Å²) < 4.78 is 0. The van der Waals surface area contributed by atoms with Gasteiger partial charge in [0.1, 0.15) is 0 Å². The molecule has 2 aliphatic rings. The first-order chi connectivity index (χ1) is 8.92. The molecule has 0 spiro atoms. The Morgan fingerprint density at radius 1 is 1.06 bits per heavy atom. The fourth-order valence-corrected chi connectivity index (χ4v) is 3.29.